The Balaban J connectivity index is 0. The van der Waals surface area contributed by atoms with Crippen molar-refractivity contribution in [3.63, 3.8) is 0 Å². The van der Waals surface area contributed by atoms with Crippen LogP contribution in [0.5, 0.6) is 5.75 Å². The number of benzene rings is 1. The van der Waals surface area contributed by atoms with Crippen LogP contribution in [0.3, 0.4) is 0 Å². The maximum atomic E-state index is 12.0. The van der Waals surface area contributed by atoms with Crippen LogP contribution in [0.25, 0.3) is 0 Å². The van der Waals surface area contributed by atoms with Crippen LogP contribution in [0.4, 0.5) is 13.2 Å². The van der Waals surface area contributed by atoms with Crippen molar-refractivity contribution in [1.82, 2.24) is 0 Å². The van der Waals surface area contributed by atoms with E-state index in [0.717, 1.165) is 18.9 Å². The minimum absolute atomic E-state index is 0. The summed E-state index contributed by atoms with van der Waals surface area (Å²) in [6, 6.07) is 5.57. The van der Waals surface area contributed by atoms with Crippen molar-refractivity contribution in [2.75, 3.05) is 7.11 Å². The summed E-state index contributed by atoms with van der Waals surface area (Å²) in [4.78, 5) is 0. The minimum Gasteiger partial charge on any atom is -0.522 e. The fourth-order valence-corrected chi connectivity index (χ4v) is 1.42. The van der Waals surface area contributed by atoms with Gasteiger partial charge in [0.15, 0.2) is 0 Å². The van der Waals surface area contributed by atoms with E-state index in [2.05, 4.69) is 35.1 Å². The number of hydrogen-bond donors (Lipinski definition) is 0. The number of hydrogen-bond acceptors (Lipinski definition) is 1. The third-order valence-electron chi connectivity index (χ3n) is 2.49. The zero-order valence-electron chi connectivity index (χ0n) is 13.1. The molecule has 0 bridgehead atoms. The normalized spacial score (nSPS) is 13.0. The Morgan fingerprint density at radius 3 is 1.88 bits per heavy atom. The van der Waals surface area contributed by atoms with Gasteiger partial charge in [-0.15, -0.1) is 37.4 Å². The van der Waals surface area contributed by atoms with E-state index < -0.39 is 11.7 Å². The molecule has 2 aliphatic rings. The van der Waals surface area contributed by atoms with Crippen LogP contribution in [0.15, 0.2) is 54.7 Å². The van der Waals surface area contributed by atoms with Gasteiger partial charge in [-0.25, -0.2) is 24.3 Å². The standard InChI is InChI=1S/C8H6F3O.2C5H5.ClH.Ti/c1-12-7-4-2-3-6(5-7)8(9,10)11;2*1-2-4-5-3-1;;/h2,4-5H,1H3;2*1-3H,4H2;1H;/q3*-1;;+3. The monoisotopic (exact) mass is 389 g/mol. The second-order valence-electron chi connectivity index (χ2n) is 4.15. The predicted octanol–water partition coefficient (Wildman–Crippen LogP) is 5.54. The number of allylic oxidation sites excluding steroid dienone is 8. The van der Waals surface area contributed by atoms with Gasteiger partial charge in [0.05, 0.1) is 7.11 Å². The van der Waals surface area contributed by atoms with Gasteiger partial charge in [0.25, 0.3) is 0 Å². The first-order chi connectivity index (χ1) is 10.5. The molecule has 0 unspecified atom stereocenters. The van der Waals surface area contributed by atoms with Crippen molar-refractivity contribution < 1.29 is 39.6 Å². The predicted molar refractivity (Wildman–Crippen MR) is 87.2 cm³/mol. The number of ether oxygens (including phenoxy) is 1. The van der Waals surface area contributed by atoms with Gasteiger partial charge >= 0.3 is 27.9 Å². The Labute approximate surface area is 162 Å². The Hall–Kier alpha value is -1.23. The Morgan fingerprint density at radius 1 is 1.04 bits per heavy atom. The molecule has 3 rings (SSSR count). The topological polar surface area (TPSA) is 9.23 Å². The van der Waals surface area contributed by atoms with E-state index in [1.165, 1.54) is 19.2 Å². The molecule has 1 nitrogen and oxygen atoms in total. The number of methoxy groups -OCH3 is 1. The van der Waals surface area contributed by atoms with Gasteiger partial charge < -0.3 is 4.74 Å². The van der Waals surface area contributed by atoms with Gasteiger partial charge in [-0.1, -0.05) is 5.56 Å². The third-order valence-corrected chi connectivity index (χ3v) is 2.49. The van der Waals surface area contributed by atoms with E-state index in [9.17, 15) is 13.2 Å². The van der Waals surface area contributed by atoms with Crippen molar-refractivity contribution in [3.8, 4) is 5.75 Å². The van der Waals surface area contributed by atoms with Crippen molar-refractivity contribution in [3.05, 3.63) is 78.4 Å². The van der Waals surface area contributed by atoms with Gasteiger partial charge in [-0.3, -0.25) is 12.2 Å². The Kier molecular flexibility index (Phi) is 14.7. The molecule has 0 spiro atoms. The maximum absolute atomic E-state index is 12.0. The Morgan fingerprint density at radius 2 is 1.58 bits per heavy atom. The SMILES string of the molecule is COc1cc[c-]c(C(F)(F)F)c1.Cl.[C-]1=CC=CC1.[C-]1=CC=CC1.[Ti+3]. The molecular formula is C18H17ClF3OTi. The molecule has 24 heavy (non-hydrogen) atoms. The fourth-order valence-electron chi connectivity index (χ4n) is 1.42. The summed E-state index contributed by atoms with van der Waals surface area (Å²) in [6.45, 7) is 0. The molecule has 6 heteroatoms. The first-order valence-corrected chi connectivity index (χ1v) is 6.60. The van der Waals surface area contributed by atoms with Gasteiger partial charge in [0, 0.05) is 5.75 Å². The smallest absolute Gasteiger partial charge is 0.522 e. The molecule has 0 aromatic heterocycles. The number of halogens is 4. The Bertz CT molecular complexity index is 522. The van der Waals surface area contributed by atoms with Crippen molar-refractivity contribution >= 4 is 12.4 Å². The second-order valence-corrected chi connectivity index (χ2v) is 4.15. The average Bonchev–Trinajstić information content (AvgIpc) is 3.24. The molecule has 0 aliphatic heterocycles. The maximum Gasteiger partial charge on any atom is 3.00 e. The van der Waals surface area contributed by atoms with E-state index in [0.29, 0.717) is 0 Å². The summed E-state index contributed by atoms with van der Waals surface area (Å²) in [5.41, 5.74) is -0.818. The molecule has 0 saturated carbocycles. The molecule has 0 heterocycles. The van der Waals surface area contributed by atoms with Crippen LogP contribution in [-0.4, -0.2) is 7.11 Å². The molecule has 1 radical (unpaired) electrons. The van der Waals surface area contributed by atoms with Gasteiger partial charge in [-0.2, -0.15) is 37.5 Å². The van der Waals surface area contributed by atoms with Crippen LogP contribution in [0, 0.1) is 18.2 Å². The van der Waals surface area contributed by atoms with Crippen LogP contribution < -0.4 is 4.74 Å². The number of rotatable bonds is 1. The summed E-state index contributed by atoms with van der Waals surface area (Å²) in [7, 11) is 1.31. The first-order valence-electron chi connectivity index (χ1n) is 6.60. The van der Waals surface area contributed by atoms with Gasteiger partial charge in [0.1, 0.15) is 0 Å². The van der Waals surface area contributed by atoms with E-state index in [1.807, 2.05) is 24.3 Å². The van der Waals surface area contributed by atoms with Crippen molar-refractivity contribution in [1.29, 1.82) is 0 Å². The second kappa shape index (κ2) is 14.1. The summed E-state index contributed by atoms with van der Waals surface area (Å²) < 4.78 is 40.7. The number of alkyl halides is 3. The first kappa shape index (κ1) is 25.0. The van der Waals surface area contributed by atoms with Crippen LogP contribution in [0.2, 0.25) is 0 Å². The zero-order valence-corrected chi connectivity index (χ0v) is 15.4. The molecule has 1 aromatic carbocycles. The average molecular weight is 390 g/mol. The van der Waals surface area contributed by atoms with E-state index in [-0.39, 0.29) is 39.9 Å². The van der Waals surface area contributed by atoms with E-state index >= 15 is 0 Å². The summed E-state index contributed by atoms with van der Waals surface area (Å²) in [5, 5.41) is 0. The van der Waals surface area contributed by atoms with Crippen LogP contribution >= 0.6 is 12.4 Å². The minimum atomic E-state index is -4.35. The van der Waals surface area contributed by atoms with Crippen molar-refractivity contribution in [2.45, 2.75) is 19.0 Å². The quantitative estimate of drug-likeness (QED) is 0.452. The molecule has 0 saturated heterocycles. The third kappa shape index (κ3) is 11.3. The molecule has 1 aromatic rings. The van der Waals surface area contributed by atoms with E-state index in [1.54, 1.807) is 0 Å². The molecule has 0 fully saturated rings. The van der Waals surface area contributed by atoms with Crippen LogP contribution in [-0.2, 0) is 27.9 Å². The molecule has 127 valence electrons. The fraction of sp³-hybridized carbons (Fsp3) is 0.222. The summed E-state index contributed by atoms with van der Waals surface area (Å²) in [5.74, 6) is 0.182. The molecule has 0 N–H and O–H groups in total. The van der Waals surface area contributed by atoms with Gasteiger partial charge in [-0.05, 0) is 0 Å². The largest absolute Gasteiger partial charge is 3.00 e. The molecule has 0 atom stereocenters. The summed E-state index contributed by atoms with van der Waals surface area (Å²) in [6.07, 6.45) is 15.6. The van der Waals surface area contributed by atoms with Gasteiger partial charge in [0.2, 0.25) is 0 Å². The summed E-state index contributed by atoms with van der Waals surface area (Å²) >= 11 is 0. The zero-order chi connectivity index (χ0) is 16.3. The van der Waals surface area contributed by atoms with Crippen molar-refractivity contribution in [2.24, 2.45) is 0 Å². The van der Waals surface area contributed by atoms with Crippen LogP contribution in [0.1, 0.15) is 18.4 Å². The molecule has 0 amide bonds. The van der Waals surface area contributed by atoms with E-state index in [4.69, 9.17) is 0 Å². The molecule has 2 aliphatic carbocycles. The molecular weight excluding hydrogens is 373 g/mol.